The topological polar surface area (TPSA) is 32.3 Å². The average molecular weight is 265 g/mol. The third kappa shape index (κ3) is 4.63. The molecule has 1 aromatic carbocycles. The quantitative estimate of drug-likeness (QED) is 0.743. The predicted molar refractivity (Wildman–Crippen MR) is 77.9 cm³/mol. The summed E-state index contributed by atoms with van der Waals surface area (Å²) < 4.78 is 0. The van der Waals surface area contributed by atoms with Crippen molar-refractivity contribution in [3.63, 3.8) is 0 Å². The van der Waals surface area contributed by atoms with E-state index in [0.29, 0.717) is 5.92 Å². The van der Waals surface area contributed by atoms with Crippen molar-refractivity contribution in [2.45, 2.75) is 50.3 Å². The Balaban J connectivity index is 1.81. The predicted octanol–water partition coefficient (Wildman–Crippen LogP) is 3.05. The third-order valence-electron chi connectivity index (χ3n) is 3.26. The van der Waals surface area contributed by atoms with E-state index in [2.05, 4.69) is 43.4 Å². The van der Waals surface area contributed by atoms with Gasteiger partial charge in [0.25, 0.3) is 0 Å². The highest BCUT2D eigenvalue weighted by molar-refractivity contribution is 7.99. The standard InChI is InChI=1S/C15H23NOS/c1-11(2)15(17)10-18-14-5-3-4-12(8-14)9-16-13-6-7-13/h3-5,8,11,13,15-17H,6-7,9-10H2,1-2H3. The van der Waals surface area contributed by atoms with Crippen LogP contribution in [0.15, 0.2) is 29.2 Å². The molecule has 100 valence electrons. The number of rotatable bonds is 7. The summed E-state index contributed by atoms with van der Waals surface area (Å²) in [5.74, 6) is 1.11. The molecule has 0 saturated heterocycles. The van der Waals surface area contributed by atoms with Crippen LogP contribution in [0.5, 0.6) is 0 Å². The molecule has 1 aliphatic carbocycles. The molecule has 2 N–H and O–H groups in total. The maximum absolute atomic E-state index is 9.81. The summed E-state index contributed by atoms with van der Waals surface area (Å²) in [6.45, 7) is 5.08. The van der Waals surface area contributed by atoms with E-state index in [1.165, 1.54) is 23.3 Å². The lowest BCUT2D eigenvalue weighted by Crippen LogP contribution is -2.17. The molecule has 0 amide bonds. The molecule has 1 saturated carbocycles. The lowest BCUT2D eigenvalue weighted by Gasteiger charge is -2.14. The molecule has 1 fully saturated rings. The van der Waals surface area contributed by atoms with Gasteiger partial charge in [0.05, 0.1) is 6.10 Å². The molecule has 0 heterocycles. The molecule has 1 aromatic rings. The molecule has 0 radical (unpaired) electrons. The molecule has 0 aliphatic heterocycles. The summed E-state index contributed by atoms with van der Waals surface area (Å²) >= 11 is 1.74. The second-order valence-corrected chi connectivity index (χ2v) is 6.52. The Labute approximate surface area is 114 Å². The molecule has 2 nitrogen and oxygen atoms in total. The van der Waals surface area contributed by atoms with E-state index in [1.807, 2.05) is 0 Å². The van der Waals surface area contributed by atoms with Crippen LogP contribution in [0.2, 0.25) is 0 Å². The van der Waals surface area contributed by atoms with Gasteiger partial charge in [-0.25, -0.2) is 0 Å². The van der Waals surface area contributed by atoms with Crippen LogP contribution in [0.25, 0.3) is 0 Å². The maximum Gasteiger partial charge on any atom is 0.0656 e. The number of aliphatic hydroxyl groups excluding tert-OH is 1. The molecule has 0 aromatic heterocycles. The van der Waals surface area contributed by atoms with Gasteiger partial charge in [0.1, 0.15) is 0 Å². The van der Waals surface area contributed by atoms with E-state index in [1.54, 1.807) is 11.8 Å². The van der Waals surface area contributed by atoms with Crippen molar-refractivity contribution in [3.8, 4) is 0 Å². The molecule has 0 spiro atoms. The lowest BCUT2D eigenvalue weighted by atomic mass is 10.1. The molecule has 1 unspecified atom stereocenters. The van der Waals surface area contributed by atoms with Crippen LogP contribution in [0, 0.1) is 5.92 Å². The summed E-state index contributed by atoms with van der Waals surface area (Å²) in [6, 6.07) is 9.38. The molecule has 3 heteroatoms. The van der Waals surface area contributed by atoms with Gasteiger partial charge in [-0.05, 0) is 36.5 Å². The molecular weight excluding hydrogens is 242 g/mol. The van der Waals surface area contributed by atoms with Crippen LogP contribution in [0.4, 0.5) is 0 Å². The first-order valence-corrected chi connectivity index (χ1v) is 7.77. The minimum absolute atomic E-state index is 0.219. The highest BCUT2D eigenvalue weighted by atomic mass is 32.2. The number of aliphatic hydroxyl groups is 1. The van der Waals surface area contributed by atoms with E-state index < -0.39 is 0 Å². The second kappa shape index (κ2) is 6.60. The second-order valence-electron chi connectivity index (χ2n) is 5.42. The van der Waals surface area contributed by atoms with Crippen molar-refractivity contribution in [3.05, 3.63) is 29.8 Å². The van der Waals surface area contributed by atoms with Crippen LogP contribution in [0.1, 0.15) is 32.3 Å². The Morgan fingerprint density at radius 3 is 2.83 bits per heavy atom. The Kier molecular flexibility index (Phi) is 5.10. The summed E-state index contributed by atoms with van der Waals surface area (Å²) in [7, 11) is 0. The molecule has 2 rings (SSSR count). The monoisotopic (exact) mass is 265 g/mol. The van der Waals surface area contributed by atoms with Gasteiger partial charge in [0, 0.05) is 23.2 Å². The molecule has 1 aliphatic rings. The van der Waals surface area contributed by atoms with Crippen molar-refractivity contribution in [1.29, 1.82) is 0 Å². The summed E-state index contributed by atoms with van der Waals surface area (Å²) in [4.78, 5) is 1.25. The van der Waals surface area contributed by atoms with Crippen LogP contribution in [-0.2, 0) is 6.54 Å². The van der Waals surface area contributed by atoms with Gasteiger partial charge in [-0.15, -0.1) is 11.8 Å². The zero-order valence-corrected chi connectivity index (χ0v) is 12.0. The maximum atomic E-state index is 9.81. The highest BCUT2D eigenvalue weighted by Gasteiger charge is 2.19. The van der Waals surface area contributed by atoms with E-state index in [4.69, 9.17) is 0 Å². The van der Waals surface area contributed by atoms with Crippen molar-refractivity contribution < 1.29 is 5.11 Å². The Bertz CT molecular complexity index is 377. The molecule has 0 bridgehead atoms. The van der Waals surface area contributed by atoms with Gasteiger partial charge in [-0.3, -0.25) is 0 Å². The first kappa shape index (κ1) is 13.9. The summed E-state index contributed by atoms with van der Waals surface area (Å²) in [5, 5.41) is 13.3. The fourth-order valence-corrected chi connectivity index (χ4v) is 2.83. The Morgan fingerprint density at radius 1 is 1.39 bits per heavy atom. The van der Waals surface area contributed by atoms with Gasteiger partial charge < -0.3 is 10.4 Å². The SMILES string of the molecule is CC(C)C(O)CSc1cccc(CNC2CC2)c1. The van der Waals surface area contributed by atoms with Gasteiger partial charge >= 0.3 is 0 Å². The first-order valence-electron chi connectivity index (χ1n) is 6.78. The highest BCUT2D eigenvalue weighted by Crippen LogP contribution is 2.23. The number of benzene rings is 1. The van der Waals surface area contributed by atoms with E-state index in [0.717, 1.165) is 18.3 Å². The fraction of sp³-hybridized carbons (Fsp3) is 0.600. The molecule has 1 atom stereocenters. The smallest absolute Gasteiger partial charge is 0.0656 e. The van der Waals surface area contributed by atoms with Gasteiger partial charge in [0.2, 0.25) is 0 Å². The first-order chi connectivity index (χ1) is 8.65. The van der Waals surface area contributed by atoms with Crippen LogP contribution in [0.3, 0.4) is 0 Å². The Morgan fingerprint density at radius 2 is 2.17 bits per heavy atom. The van der Waals surface area contributed by atoms with Gasteiger partial charge in [-0.1, -0.05) is 26.0 Å². The lowest BCUT2D eigenvalue weighted by molar-refractivity contribution is 0.149. The summed E-state index contributed by atoms with van der Waals surface area (Å²) in [5.41, 5.74) is 1.34. The number of hydrogen-bond donors (Lipinski definition) is 2. The van der Waals surface area contributed by atoms with Crippen molar-refractivity contribution in [1.82, 2.24) is 5.32 Å². The van der Waals surface area contributed by atoms with E-state index in [9.17, 15) is 5.11 Å². The van der Waals surface area contributed by atoms with Crippen LogP contribution < -0.4 is 5.32 Å². The normalized spacial score (nSPS) is 17.1. The third-order valence-corrected chi connectivity index (χ3v) is 4.36. The number of nitrogens with one attached hydrogen (secondary N) is 1. The Hall–Kier alpha value is -0.510. The zero-order chi connectivity index (χ0) is 13.0. The minimum atomic E-state index is -0.219. The van der Waals surface area contributed by atoms with Gasteiger partial charge in [0.15, 0.2) is 0 Å². The number of hydrogen-bond acceptors (Lipinski definition) is 3. The van der Waals surface area contributed by atoms with Crippen molar-refractivity contribution in [2.24, 2.45) is 5.92 Å². The van der Waals surface area contributed by atoms with Gasteiger partial charge in [-0.2, -0.15) is 0 Å². The van der Waals surface area contributed by atoms with E-state index in [-0.39, 0.29) is 6.10 Å². The number of thioether (sulfide) groups is 1. The minimum Gasteiger partial charge on any atom is -0.392 e. The van der Waals surface area contributed by atoms with Crippen LogP contribution >= 0.6 is 11.8 Å². The van der Waals surface area contributed by atoms with Crippen LogP contribution in [-0.4, -0.2) is 23.0 Å². The zero-order valence-electron chi connectivity index (χ0n) is 11.2. The van der Waals surface area contributed by atoms with Crippen molar-refractivity contribution >= 4 is 11.8 Å². The molecular formula is C15H23NOS. The molecule has 18 heavy (non-hydrogen) atoms. The van der Waals surface area contributed by atoms with Crippen molar-refractivity contribution in [2.75, 3.05) is 5.75 Å². The fourth-order valence-electron chi connectivity index (χ4n) is 1.67. The summed E-state index contributed by atoms with van der Waals surface area (Å²) in [6.07, 6.45) is 2.44. The van der Waals surface area contributed by atoms with E-state index >= 15 is 0 Å². The largest absolute Gasteiger partial charge is 0.392 e. The average Bonchev–Trinajstić information content (AvgIpc) is 3.18.